The highest BCUT2D eigenvalue weighted by atomic mass is 16.3. The lowest BCUT2D eigenvalue weighted by Gasteiger charge is -2.15. The quantitative estimate of drug-likeness (QED) is 0.835. The fourth-order valence-electron chi connectivity index (χ4n) is 1.67. The van der Waals surface area contributed by atoms with E-state index in [2.05, 4.69) is 4.98 Å². The summed E-state index contributed by atoms with van der Waals surface area (Å²) < 4.78 is 5.30. The van der Waals surface area contributed by atoms with Gasteiger partial charge in [0.25, 0.3) is 0 Å². The van der Waals surface area contributed by atoms with Gasteiger partial charge in [-0.15, -0.1) is 0 Å². The van der Waals surface area contributed by atoms with Gasteiger partial charge in [0, 0.05) is 6.92 Å². The molecule has 0 aliphatic rings. The second kappa shape index (κ2) is 4.53. The SMILES string of the molecule is Cc1nc2cc(C(O)C(O)CC#N)ccc2o1. The van der Waals surface area contributed by atoms with Crippen LogP contribution < -0.4 is 0 Å². The van der Waals surface area contributed by atoms with Crippen molar-refractivity contribution in [3.63, 3.8) is 0 Å². The van der Waals surface area contributed by atoms with Gasteiger partial charge in [0.05, 0.1) is 18.6 Å². The van der Waals surface area contributed by atoms with Crippen molar-refractivity contribution < 1.29 is 14.6 Å². The Bertz CT molecular complexity index is 571. The molecular formula is C12H12N2O3. The molecule has 2 N–H and O–H groups in total. The van der Waals surface area contributed by atoms with E-state index in [1.165, 1.54) is 0 Å². The molecule has 0 radical (unpaired) electrons. The number of aliphatic hydroxyl groups excluding tert-OH is 2. The predicted octanol–water partition coefficient (Wildman–Crippen LogP) is 1.44. The average molecular weight is 232 g/mol. The summed E-state index contributed by atoms with van der Waals surface area (Å²) in [4.78, 5) is 4.14. The minimum atomic E-state index is -1.09. The fraction of sp³-hybridized carbons (Fsp3) is 0.333. The summed E-state index contributed by atoms with van der Waals surface area (Å²) in [6, 6.07) is 6.80. The summed E-state index contributed by atoms with van der Waals surface area (Å²) in [5, 5.41) is 27.8. The summed E-state index contributed by atoms with van der Waals surface area (Å²) in [6.07, 6.45) is -2.29. The van der Waals surface area contributed by atoms with E-state index in [1.54, 1.807) is 25.1 Å². The zero-order valence-corrected chi connectivity index (χ0v) is 9.29. The third kappa shape index (κ3) is 2.28. The van der Waals surface area contributed by atoms with Crippen LogP contribution in [0, 0.1) is 18.3 Å². The van der Waals surface area contributed by atoms with Gasteiger partial charge in [0.1, 0.15) is 11.6 Å². The van der Waals surface area contributed by atoms with E-state index in [0.717, 1.165) is 0 Å². The van der Waals surface area contributed by atoms with Crippen molar-refractivity contribution in [2.45, 2.75) is 25.6 Å². The number of aliphatic hydroxyl groups is 2. The molecule has 0 aliphatic heterocycles. The zero-order chi connectivity index (χ0) is 12.4. The maximum Gasteiger partial charge on any atom is 0.192 e. The normalized spacial score (nSPS) is 14.5. The molecule has 0 amide bonds. The molecule has 2 unspecified atom stereocenters. The molecule has 2 atom stereocenters. The second-order valence-electron chi connectivity index (χ2n) is 3.83. The minimum Gasteiger partial charge on any atom is -0.441 e. The number of nitriles is 1. The van der Waals surface area contributed by atoms with Crippen LogP contribution in [0.2, 0.25) is 0 Å². The van der Waals surface area contributed by atoms with Crippen LogP contribution in [0.1, 0.15) is 24.0 Å². The van der Waals surface area contributed by atoms with Crippen molar-refractivity contribution in [1.29, 1.82) is 5.26 Å². The first kappa shape index (κ1) is 11.6. The number of hydrogen-bond donors (Lipinski definition) is 2. The van der Waals surface area contributed by atoms with E-state index in [-0.39, 0.29) is 6.42 Å². The Hall–Kier alpha value is -1.90. The van der Waals surface area contributed by atoms with Crippen LogP contribution in [0.5, 0.6) is 0 Å². The van der Waals surface area contributed by atoms with Crippen LogP contribution in [0.15, 0.2) is 22.6 Å². The van der Waals surface area contributed by atoms with Crippen LogP contribution >= 0.6 is 0 Å². The van der Waals surface area contributed by atoms with Crippen LogP contribution in [0.4, 0.5) is 0 Å². The molecule has 0 spiro atoms. The molecule has 0 saturated carbocycles. The molecular weight excluding hydrogens is 220 g/mol. The Labute approximate surface area is 97.9 Å². The lowest BCUT2D eigenvalue weighted by molar-refractivity contribution is 0.0217. The number of rotatable bonds is 3. The van der Waals surface area contributed by atoms with E-state index in [1.807, 2.05) is 6.07 Å². The molecule has 2 aromatic rings. The first-order chi connectivity index (χ1) is 8.11. The maximum atomic E-state index is 9.83. The number of oxazole rings is 1. The van der Waals surface area contributed by atoms with Gasteiger partial charge in [-0.3, -0.25) is 0 Å². The summed E-state index contributed by atoms with van der Waals surface area (Å²) >= 11 is 0. The van der Waals surface area contributed by atoms with Crippen molar-refractivity contribution in [2.24, 2.45) is 0 Å². The first-order valence-corrected chi connectivity index (χ1v) is 5.22. The number of fused-ring (bicyclic) bond motifs is 1. The van der Waals surface area contributed by atoms with Gasteiger partial charge < -0.3 is 14.6 Å². The first-order valence-electron chi connectivity index (χ1n) is 5.22. The molecule has 5 nitrogen and oxygen atoms in total. The third-order valence-corrected chi connectivity index (χ3v) is 2.52. The molecule has 5 heteroatoms. The Balaban J connectivity index is 2.32. The number of aromatic nitrogens is 1. The van der Waals surface area contributed by atoms with Crippen molar-refractivity contribution >= 4 is 11.1 Å². The van der Waals surface area contributed by atoms with Crippen LogP contribution in [-0.4, -0.2) is 21.3 Å². The highest BCUT2D eigenvalue weighted by Gasteiger charge is 2.18. The number of benzene rings is 1. The van der Waals surface area contributed by atoms with Crippen LogP contribution in [-0.2, 0) is 0 Å². The van der Waals surface area contributed by atoms with E-state index >= 15 is 0 Å². The Morgan fingerprint density at radius 3 is 2.94 bits per heavy atom. The molecule has 88 valence electrons. The lowest BCUT2D eigenvalue weighted by atomic mass is 10.0. The van der Waals surface area contributed by atoms with Crippen LogP contribution in [0.3, 0.4) is 0 Å². The number of aryl methyl sites for hydroxylation is 1. The molecule has 2 rings (SSSR count). The summed E-state index contributed by atoms with van der Waals surface area (Å²) in [6.45, 7) is 1.74. The summed E-state index contributed by atoms with van der Waals surface area (Å²) in [5.41, 5.74) is 1.78. The summed E-state index contributed by atoms with van der Waals surface area (Å²) in [7, 11) is 0. The standard InChI is InChI=1S/C12H12N2O3/c1-7-14-9-6-8(2-3-11(9)17-7)12(16)10(15)4-5-13/h2-3,6,10,12,15-16H,4H2,1H3. The highest BCUT2D eigenvalue weighted by molar-refractivity contribution is 5.73. The largest absolute Gasteiger partial charge is 0.441 e. The van der Waals surface area contributed by atoms with Gasteiger partial charge in [-0.1, -0.05) is 6.07 Å². The van der Waals surface area contributed by atoms with Crippen molar-refractivity contribution in [3.05, 3.63) is 29.7 Å². The van der Waals surface area contributed by atoms with Crippen molar-refractivity contribution in [3.8, 4) is 6.07 Å². The molecule has 1 heterocycles. The molecule has 0 saturated heterocycles. The topological polar surface area (TPSA) is 90.3 Å². The van der Waals surface area contributed by atoms with Gasteiger partial charge in [0.2, 0.25) is 0 Å². The zero-order valence-electron chi connectivity index (χ0n) is 9.29. The van der Waals surface area contributed by atoms with Gasteiger partial charge in [-0.05, 0) is 17.7 Å². The molecule has 0 aliphatic carbocycles. The van der Waals surface area contributed by atoms with Gasteiger partial charge in [-0.25, -0.2) is 4.98 Å². The van der Waals surface area contributed by atoms with E-state index in [9.17, 15) is 10.2 Å². The third-order valence-electron chi connectivity index (χ3n) is 2.52. The molecule has 1 aromatic carbocycles. The number of hydrogen-bond acceptors (Lipinski definition) is 5. The van der Waals surface area contributed by atoms with Crippen molar-refractivity contribution in [2.75, 3.05) is 0 Å². The van der Waals surface area contributed by atoms with Crippen molar-refractivity contribution in [1.82, 2.24) is 4.98 Å². The molecule has 0 fully saturated rings. The maximum absolute atomic E-state index is 9.83. The van der Waals surface area contributed by atoms with Gasteiger partial charge in [0.15, 0.2) is 11.5 Å². The lowest BCUT2D eigenvalue weighted by Crippen LogP contribution is -2.17. The average Bonchev–Trinajstić information content (AvgIpc) is 2.67. The predicted molar refractivity (Wildman–Crippen MR) is 59.9 cm³/mol. The molecule has 1 aromatic heterocycles. The smallest absolute Gasteiger partial charge is 0.192 e. The monoisotopic (exact) mass is 232 g/mol. The minimum absolute atomic E-state index is 0.114. The Morgan fingerprint density at radius 2 is 2.24 bits per heavy atom. The van der Waals surface area contributed by atoms with E-state index < -0.39 is 12.2 Å². The Morgan fingerprint density at radius 1 is 1.47 bits per heavy atom. The molecule has 0 bridgehead atoms. The second-order valence-corrected chi connectivity index (χ2v) is 3.83. The summed E-state index contributed by atoms with van der Waals surface area (Å²) in [5.74, 6) is 0.546. The van der Waals surface area contributed by atoms with E-state index in [0.29, 0.717) is 22.6 Å². The van der Waals surface area contributed by atoms with E-state index in [4.69, 9.17) is 9.68 Å². The molecule has 17 heavy (non-hydrogen) atoms. The highest BCUT2D eigenvalue weighted by Crippen LogP contribution is 2.23. The fourth-order valence-corrected chi connectivity index (χ4v) is 1.67. The Kier molecular flexibility index (Phi) is 3.09. The van der Waals surface area contributed by atoms with Crippen LogP contribution in [0.25, 0.3) is 11.1 Å². The number of nitrogens with zero attached hydrogens (tertiary/aromatic N) is 2. The van der Waals surface area contributed by atoms with Gasteiger partial charge in [-0.2, -0.15) is 5.26 Å². The van der Waals surface area contributed by atoms with Gasteiger partial charge >= 0.3 is 0 Å².